The van der Waals surface area contributed by atoms with Gasteiger partial charge in [0.25, 0.3) is 5.91 Å². The van der Waals surface area contributed by atoms with E-state index >= 15 is 0 Å². The monoisotopic (exact) mass is 353 g/mol. The first-order valence-corrected chi connectivity index (χ1v) is 9.21. The van der Waals surface area contributed by atoms with Crippen molar-refractivity contribution in [1.82, 2.24) is 19.7 Å². The summed E-state index contributed by atoms with van der Waals surface area (Å²) < 4.78 is 1.74. The third-order valence-corrected chi connectivity index (χ3v) is 5.15. The molecule has 1 aliphatic heterocycles. The highest BCUT2D eigenvalue weighted by Crippen LogP contribution is 2.26. The predicted molar refractivity (Wildman–Crippen MR) is 97.8 cm³/mol. The highest BCUT2D eigenvalue weighted by molar-refractivity contribution is 7.13. The van der Waals surface area contributed by atoms with Crippen LogP contribution < -0.4 is 5.73 Å². The van der Waals surface area contributed by atoms with Crippen molar-refractivity contribution < 1.29 is 4.79 Å². The first kappa shape index (κ1) is 16.0. The Hall–Kier alpha value is -2.51. The Balaban J connectivity index is 1.73. The number of piperidine rings is 1. The van der Waals surface area contributed by atoms with Crippen LogP contribution in [0.25, 0.3) is 16.4 Å². The Morgan fingerprint density at radius 1 is 1.20 bits per heavy atom. The number of carbonyl (C=O) groups excluding carboxylic acids is 1. The van der Waals surface area contributed by atoms with Crippen LogP contribution in [0.4, 0.5) is 0 Å². The van der Waals surface area contributed by atoms with Crippen LogP contribution in [0, 0.1) is 0 Å². The Morgan fingerprint density at radius 3 is 2.76 bits per heavy atom. The zero-order chi connectivity index (χ0) is 17.2. The molecule has 3 aromatic rings. The third-order valence-electron chi connectivity index (χ3n) is 4.29. The molecule has 1 fully saturated rings. The number of amides is 1. The van der Waals surface area contributed by atoms with Crippen molar-refractivity contribution >= 4 is 17.2 Å². The van der Waals surface area contributed by atoms with Gasteiger partial charge in [0.2, 0.25) is 5.82 Å². The minimum absolute atomic E-state index is 0.0330. The van der Waals surface area contributed by atoms with Gasteiger partial charge in [0.1, 0.15) is 0 Å². The lowest BCUT2D eigenvalue weighted by atomic mass is 10.1. The molecule has 2 aromatic heterocycles. The van der Waals surface area contributed by atoms with Crippen molar-refractivity contribution in [3.8, 4) is 16.4 Å². The normalized spacial score (nSPS) is 17.6. The topological polar surface area (TPSA) is 77.0 Å². The number of hydrogen-bond acceptors (Lipinski definition) is 5. The minimum atomic E-state index is -0.150. The maximum atomic E-state index is 12.8. The molecule has 2 N–H and O–H groups in total. The molecule has 128 valence electrons. The molecule has 3 heterocycles. The number of likely N-dealkylation sites (tertiary alicyclic amines) is 1. The van der Waals surface area contributed by atoms with Crippen LogP contribution in [0.1, 0.15) is 23.5 Å². The van der Waals surface area contributed by atoms with Crippen molar-refractivity contribution in [1.29, 1.82) is 0 Å². The van der Waals surface area contributed by atoms with Crippen molar-refractivity contribution in [2.24, 2.45) is 5.73 Å². The van der Waals surface area contributed by atoms with E-state index in [1.807, 2.05) is 47.8 Å². The Bertz CT molecular complexity index is 859. The lowest BCUT2D eigenvalue weighted by Gasteiger charge is -2.29. The molecule has 1 atom stereocenters. The fraction of sp³-hybridized carbons (Fsp3) is 0.278. The van der Waals surface area contributed by atoms with Gasteiger partial charge in [0.15, 0.2) is 5.82 Å². The molecule has 1 saturated heterocycles. The fourth-order valence-electron chi connectivity index (χ4n) is 3.05. The average Bonchev–Trinajstić information content (AvgIpc) is 3.31. The van der Waals surface area contributed by atoms with E-state index in [0.717, 1.165) is 23.4 Å². The van der Waals surface area contributed by atoms with Gasteiger partial charge in [-0.2, -0.15) is 0 Å². The molecule has 25 heavy (non-hydrogen) atoms. The maximum absolute atomic E-state index is 12.8. The molecule has 4 rings (SSSR count). The van der Waals surface area contributed by atoms with Gasteiger partial charge in [-0.05, 0) is 36.4 Å². The Kier molecular flexibility index (Phi) is 4.33. The van der Waals surface area contributed by atoms with Crippen molar-refractivity contribution in [2.75, 3.05) is 13.1 Å². The summed E-state index contributed by atoms with van der Waals surface area (Å²) in [5, 5.41) is 6.51. The molecule has 1 aliphatic rings. The second-order valence-electron chi connectivity index (χ2n) is 6.14. The molecule has 1 amide bonds. The quantitative estimate of drug-likeness (QED) is 0.785. The first-order chi connectivity index (χ1) is 12.2. The molecular formula is C18H19N5OS. The standard InChI is InChI=1S/C18H19N5OS/c19-13-6-4-10-22(12-13)18(24)16-20-17(15-9-5-11-25-15)23(21-16)14-7-2-1-3-8-14/h1-3,5,7-9,11,13H,4,6,10,12,19H2. The second-order valence-corrected chi connectivity index (χ2v) is 7.08. The van der Waals surface area contributed by atoms with Gasteiger partial charge in [-0.25, -0.2) is 9.67 Å². The summed E-state index contributed by atoms with van der Waals surface area (Å²) in [6, 6.07) is 13.7. The molecule has 0 spiro atoms. The summed E-state index contributed by atoms with van der Waals surface area (Å²) in [6.07, 6.45) is 1.88. The molecule has 7 heteroatoms. The van der Waals surface area contributed by atoms with E-state index in [2.05, 4.69) is 10.1 Å². The average molecular weight is 353 g/mol. The second kappa shape index (κ2) is 6.78. The lowest BCUT2D eigenvalue weighted by molar-refractivity contribution is 0.0696. The highest BCUT2D eigenvalue weighted by Gasteiger charge is 2.27. The maximum Gasteiger partial charge on any atom is 0.293 e. The van der Waals surface area contributed by atoms with Crippen molar-refractivity contribution in [2.45, 2.75) is 18.9 Å². The minimum Gasteiger partial charge on any atom is -0.334 e. The largest absolute Gasteiger partial charge is 0.334 e. The van der Waals surface area contributed by atoms with E-state index in [0.29, 0.717) is 18.9 Å². The van der Waals surface area contributed by atoms with Gasteiger partial charge in [-0.3, -0.25) is 4.79 Å². The molecular weight excluding hydrogens is 334 g/mol. The molecule has 0 saturated carbocycles. The Labute approximate surface area is 149 Å². The summed E-state index contributed by atoms with van der Waals surface area (Å²) >= 11 is 1.58. The van der Waals surface area contributed by atoms with E-state index < -0.39 is 0 Å². The van der Waals surface area contributed by atoms with Crippen LogP contribution in [0.15, 0.2) is 47.8 Å². The highest BCUT2D eigenvalue weighted by atomic mass is 32.1. The third kappa shape index (κ3) is 3.20. The van der Waals surface area contributed by atoms with Crippen LogP contribution in [0.3, 0.4) is 0 Å². The number of benzene rings is 1. The summed E-state index contributed by atoms with van der Waals surface area (Å²) in [5.74, 6) is 0.759. The van der Waals surface area contributed by atoms with Crippen LogP contribution in [-0.2, 0) is 0 Å². The number of para-hydroxylation sites is 1. The van der Waals surface area contributed by atoms with Gasteiger partial charge >= 0.3 is 0 Å². The van der Waals surface area contributed by atoms with Crippen molar-refractivity contribution in [3.63, 3.8) is 0 Å². The molecule has 1 unspecified atom stereocenters. The molecule has 6 nitrogen and oxygen atoms in total. The number of nitrogens with two attached hydrogens (primary N) is 1. The van der Waals surface area contributed by atoms with Crippen LogP contribution in [-0.4, -0.2) is 44.7 Å². The zero-order valence-electron chi connectivity index (χ0n) is 13.7. The van der Waals surface area contributed by atoms with E-state index in [-0.39, 0.29) is 17.8 Å². The number of rotatable bonds is 3. The van der Waals surface area contributed by atoms with Gasteiger partial charge in [0, 0.05) is 19.1 Å². The summed E-state index contributed by atoms with van der Waals surface area (Å²) in [4.78, 5) is 20.1. The molecule has 1 aromatic carbocycles. The number of hydrogen-bond donors (Lipinski definition) is 1. The summed E-state index contributed by atoms with van der Waals surface area (Å²) in [6.45, 7) is 1.27. The number of carbonyl (C=O) groups is 1. The van der Waals surface area contributed by atoms with E-state index in [9.17, 15) is 4.79 Å². The predicted octanol–water partition coefficient (Wildman–Crippen LogP) is 2.56. The lowest BCUT2D eigenvalue weighted by Crippen LogP contribution is -2.46. The molecule has 0 bridgehead atoms. The van der Waals surface area contributed by atoms with E-state index in [1.165, 1.54) is 0 Å². The van der Waals surface area contributed by atoms with Gasteiger partial charge in [-0.1, -0.05) is 24.3 Å². The number of aromatic nitrogens is 3. The van der Waals surface area contributed by atoms with Gasteiger partial charge < -0.3 is 10.6 Å². The Morgan fingerprint density at radius 2 is 2.04 bits per heavy atom. The molecule has 0 radical (unpaired) electrons. The zero-order valence-corrected chi connectivity index (χ0v) is 14.5. The summed E-state index contributed by atoms with van der Waals surface area (Å²) in [7, 11) is 0. The van der Waals surface area contributed by atoms with Gasteiger partial charge in [-0.15, -0.1) is 16.4 Å². The smallest absolute Gasteiger partial charge is 0.293 e. The van der Waals surface area contributed by atoms with Gasteiger partial charge in [0.05, 0.1) is 10.6 Å². The molecule has 0 aliphatic carbocycles. The van der Waals surface area contributed by atoms with Crippen LogP contribution >= 0.6 is 11.3 Å². The summed E-state index contributed by atoms with van der Waals surface area (Å²) in [5.41, 5.74) is 6.89. The van der Waals surface area contributed by atoms with Crippen molar-refractivity contribution in [3.05, 3.63) is 53.7 Å². The van der Waals surface area contributed by atoms with Crippen LogP contribution in [0.2, 0.25) is 0 Å². The SMILES string of the molecule is NC1CCCN(C(=O)c2nc(-c3cccs3)n(-c3ccccc3)n2)C1. The number of nitrogens with zero attached hydrogens (tertiary/aromatic N) is 4. The van der Waals surface area contributed by atoms with E-state index in [1.54, 1.807) is 20.9 Å². The fourth-order valence-corrected chi connectivity index (χ4v) is 3.75. The first-order valence-electron chi connectivity index (χ1n) is 8.33. The number of thiophene rings is 1. The van der Waals surface area contributed by atoms with Crippen LogP contribution in [0.5, 0.6) is 0 Å². The van der Waals surface area contributed by atoms with E-state index in [4.69, 9.17) is 5.73 Å².